The van der Waals surface area contributed by atoms with Gasteiger partial charge < -0.3 is 10.1 Å². The van der Waals surface area contributed by atoms with E-state index in [4.69, 9.17) is 9.72 Å². The van der Waals surface area contributed by atoms with Crippen LogP contribution in [0.15, 0.2) is 34.2 Å². The summed E-state index contributed by atoms with van der Waals surface area (Å²) in [5.41, 5.74) is 1.55. The molecule has 0 aliphatic rings. The maximum Gasteiger partial charge on any atom is 0.263 e. The number of carbonyl (C=O) groups excluding carboxylic acids is 1. The first-order valence-electron chi connectivity index (χ1n) is 8.98. The maximum atomic E-state index is 12.9. The van der Waals surface area contributed by atoms with Crippen molar-refractivity contribution in [3.63, 3.8) is 0 Å². The van der Waals surface area contributed by atoms with Crippen LogP contribution in [0.3, 0.4) is 0 Å². The van der Waals surface area contributed by atoms with Crippen LogP contribution >= 0.6 is 23.1 Å². The molecule has 3 rings (SSSR count). The molecular weight excluding hydrogens is 394 g/mol. The van der Waals surface area contributed by atoms with Crippen molar-refractivity contribution in [2.45, 2.75) is 44.6 Å². The number of carbonyl (C=O) groups is 1. The molecule has 1 N–H and O–H groups in total. The van der Waals surface area contributed by atoms with Gasteiger partial charge in [0.2, 0.25) is 5.91 Å². The number of anilines is 1. The Morgan fingerprint density at radius 2 is 2.07 bits per heavy atom. The van der Waals surface area contributed by atoms with E-state index in [0.29, 0.717) is 28.5 Å². The predicted octanol–water partition coefficient (Wildman–Crippen LogP) is 4.22. The minimum absolute atomic E-state index is 0.0470. The van der Waals surface area contributed by atoms with Crippen LogP contribution in [0.4, 0.5) is 5.69 Å². The van der Waals surface area contributed by atoms with Crippen LogP contribution in [-0.2, 0) is 11.3 Å². The van der Waals surface area contributed by atoms with Gasteiger partial charge in [0.25, 0.3) is 5.56 Å². The van der Waals surface area contributed by atoms with Gasteiger partial charge in [-0.15, -0.1) is 11.3 Å². The van der Waals surface area contributed by atoms with Gasteiger partial charge in [0, 0.05) is 11.4 Å². The number of hydrogen-bond donors (Lipinski definition) is 1. The Balaban J connectivity index is 1.89. The minimum Gasteiger partial charge on any atom is -0.495 e. The first-order chi connectivity index (χ1) is 13.4. The van der Waals surface area contributed by atoms with Crippen LogP contribution in [0.2, 0.25) is 0 Å². The lowest BCUT2D eigenvalue weighted by molar-refractivity contribution is -0.115. The third-order valence-corrected chi connectivity index (χ3v) is 6.78. The third kappa shape index (κ3) is 3.79. The third-order valence-electron chi connectivity index (χ3n) is 4.59. The van der Waals surface area contributed by atoms with Crippen molar-refractivity contribution in [1.29, 1.82) is 0 Å². The molecule has 1 amide bonds. The van der Waals surface area contributed by atoms with E-state index >= 15 is 0 Å². The van der Waals surface area contributed by atoms with Gasteiger partial charge in [0.1, 0.15) is 10.6 Å². The van der Waals surface area contributed by atoms with Crippen molar-refractivity contribution in [1.82, 2.24) is 9.55 Å². The van der Waals surface area contributed by atoms with Crippen molar-refractivity contribution in [3.05, 3.63) is 45.1 Å². The van der Waals surface area contributed by atoms with Gasteiger partial charge in [-0.3, -0.25) is 14.2 Å². The van der Waals surface area contributed by atoms with Crippen molar-refractivity contribution in [2.75, 3.05) is 12.4 Å². The molecule has 2 heterocycles. The summed E-state index contributed by atoms with van der Waals surface area (Å²) in [5, 5.41) is 3.69. The van der Waals surface area contributed by atoms with Gasteiger partial charge in [-0.2, -0.15) is 0 Å². The number of nitrogens with one attached hydrogen (secondary N) is 1. The average molecular weight is 418 g/mol. The van der Waals surface area contributed by atoms with Gasteiger partial charge in [-0.05, 0) is 45.4 Å². The molecule has 1 aromatic carbocycles. The largest absolute Gasteiger partial charge is 0.495 e. The number of nitrogens with zero attached hydrogens (tertiary/aromatic N) is 2. The summed E-state index contributed by atoms with van der Waals surface area (Å²) in [6, 6.07) is 7.26. The zero-order valence-corrected chi connectivity index (χ0v) is 18.2. The lowest BCUT2D eigenvalue weighted by atomic mass is 10.2. The van der Waals surface area contributed by atoms with Crippen LogP contribution < -0.4 is 15.6 Å². The van der Waals surface area contributed by atoms with Crippen LogP contribution in [-0.4, -0.2) is 27.8 Å². The van der Waals surface area contributed by atoms with Crippen molar-refractivity contribution >= 4 is 44.9 Å². The van der Waals surface area contributed by atoms with E-state index in [9.17, 15) is 9.59 Å². The summed E-state index contributed by atoms with van der Waals surface area (Å²) in [5.74, 6) is 0.424. The Morgan fingerprint density at radius 3 is 2.75 bits per heavy atom. The molecule has 0 radical (unpaired) electrons. The summed E-state index contributed by atoms with van der Waals surface area (Å²) >= 11 is 2.80. The monoisotopic (exact) mass is 417 g/mol. The molecule has 6 nitrogen and oxygen atoms in total. The van der Waals surface area contributed by atoms with Crippen LogP contribution in [0, 0.1) is 13.8 Å². The Kier molecular flexibility index (Phi) is 6.10. The van der Waals surface area contributed by atoms with E-state index in [1.165, 1.54) is 23.1 Å². The van der Waals surface area contributed by atoms with Crippen LogP contribution in [0.1, 0.15) is 24.3 Å². The number of thioether (sulfide) groups is 1. The highest BCUT2D eigenvalue weighted by molar-refractivity contribution is 8.00. The Bertz CT molecular complexity index is 1090. The number of methoxy groups -OCH3 is 1. The second-order valence-electron chi connectivity index (χ2n) is 6.36. The number of fused-ring (bicyclic) bond motifs is 1. The number of aryl methyl sites for hydroxylation is 2. The molecule has 1 atom stereocenters. The first-order valence-corrected chi connectivity index (χ1v) is 10.7. The zero-order chi connectivity index (χ0) is 20.4. The zero-order valence-electron chi connectivity index (χ0n) is 16.5. The molecule has 2 aromatic heterocycles. The fourth-order valence-corrected chi connectivity index (χ4v) is 4.91. The lowest BCUT2D eigenvalue weighted by Crippen LogP contribution is -2.26. The second kappa shape index (κ2) is 8.36. The molecule has 0 saturated heterocycles. The topological polar surface area (TPSA) is 73.2 Å². The number of rotatable bonds is 6. The van der Waals surface area contributed by atoms with Gasteiger partial charge in [0.15, 0.2) is 5.16 Å². The molecule has 0 unspecified atom stereocenters. The average Bonchev–Trinajstić information content (AvgIpc) is 2.96. The second-order valence-corrected chi connectivity index (χ2v) is 8.87. The fourth-order valence-electron chi connectivity index (χ4n) is 2.87. The predicted molar refractivity (Wildman–Crippen MR) is 116 cm³/mol. The van der Waals surface area contributed by atoms with Crippen LogP contribution in [0.25, 0.3) is 10.2 Å². The minimum atomic E-state index is -0.436. The van der Waals surface area contributed by atoms with Crippen molar-refractivity contribution < 1.29 is 9.53 Å². The SMILES string of the molecule is CCn1c(S[C@@H](C)C(=O)Nc2ccccc2OC)nc2sc(C)c(C)c2c1=O. The van der Waals surface area contributed by atoms with Gasteiger partial charge in [-0.25, -0.2) is 4.98 Å². The normalized spacial score (nSPS) is 12.2. The number of benzene rings is 1. The highest BCUT2D eigenvalue weighted by atomic mass is 32.2. The van der Waals surface area contributed by atoms with E-state index in [1.54, 1.807) is 30.7 Å². The number of hydrogen-bond acceptors (Lipinski definition) is 6. The highest BCUT2D eigenvalue weighted by Crippen LogP contribution is 2.30. The molecular formula is C20H23N3O3S2. The summed E-state index contributed by atoms with van der Waals surface area (Å²) in [6.07, 6.45) is 0. The number of aromatic nitrogens is 2. The van der Waals surface area contributed by atoms with Crippen LogP contribution in [0.5, 0.6) is 5.75 Å². The molecule has 0 aliphatic carbocycles. The van der Waals surface area contributed by atoms with Gasteiger partial charge in [0.05, 0.1) is 23.4 Å². The molecule has 148 valence electrons. The van der Waals surface area contributed by atoms with E-state index in [2.05, 4.69) is 5.32 Å². The highest BCUT2D eigenvalue weighted by Gasteiger charge is 2.21. The molecule has 0 bridgehead atoms. The lowest BCUT2D eigenvalue weighted by Gasteiger charge is -2.16. The van der Waals surface area contributed by atoms with E-state index in [0.717, 1.165) is 15.3 Å². The first kappa shape index (κ1) is 20.4. The molecule has 3 aromatic rings. The number of para-hydroxylation sites is 2. The maximum absolute atomic E-state index is 12.9. The van der Waals surface area contributed by atoms with E-state index in [1.807, 2.05) is 32.9 Å². The number of ether oxygens (including phenoxy) is 1. The van der Waals surface area contributed by atoms with E-state index < -0.39 is 5.25 Å². The summed E-state index contributed by atoms with van der Waals surface area (Å²) in [4.78, 5) is 32.1. The van der Waals surface area contributed by atoms with E-state index in [-0.39, 0.29) is 11.5 Å². The molecule has 8 heteroatoms. The molecule has 0 fully saturated rings. The summed E-state index contributed by atoms with van der Waals surface area (Å²) in [6.45, 7) is 8.16. The number of thiophene rings is 1. The molecule has 28 heavy (non-hydrogen) atoms. The quantitative estimate of drug-likeness (QED) is 0.480. The fraction of sp³-hybridized carbons (Fsp3) is 0.350. The molecule has 0 aliphatic heterocycles. The van der Waals surface area contributed by atoms with Gasteiger partial charge >= 0.3 is 0 Å². The smallest absolute Gasteiger partial charge is 0.263 e. The van der Waals surface area contributed by atoms with Gasteiger partial charge in [-0.1, -0.05) is 23.9 Å². The Morgan fingerprint density at radius 1 is 1.36 bits per heavy atom. The Hall–Kier alpha value is -2.32. The number of amides is 1. The van der Waals surface area contributed by atoms with Crippen molar-refractivity contribution in [2.24, 2.45) is 0 Å². The Labute approximate surface area is 171 Å². The van der Waals surface area contributed by atoms with Crippen molar-refractivity contribution in [3.8, 4) is 5.75 Å². The molecule has 0 spiro atoms. The standard InChI is InChI=1S/C20H23N3O3S2/c1-6-23-19(25)16-11(2)12(3)27-18(16)22-20(23)28-13(4)17(24)21-14-9-7-8-10-15(14)26-5/h7-10,13H,6H2,1-5H3,(H,21,24)/t13-/m0/s1. The molecule has 0 saturated carbocycles. The summed E-state index contributed by atoms with van der Waals surface area (Å²) in [7, 11) is 1.56. The summed E-state index contributed by atoms with van der Waals surface area (Å²) < 4.78 is 6.92.